The van der Waals surface area contributed by atoms with Gasteiger partial charge in [-0.25, -0.2) is 0 Å². The summed E-state index contributed by atoms with van der Waals surface area (Å²) >= 11 is 12.1. The number of rotatable bonds is 9. The van der Waals surface area contributed by atoms with Crippen LogP contribution in [0.15, 0.2) is 96.7 Å². The van der Waals surface area contributed by atoms with Crippen molar-refractivity contribution in [2.24, 2.45) is 5.16 Å². The molecule has 0 aliphatic carbocycles. The maximum absolute atomic E-state index is 14.0. The van der Waals surface area contributed by atoms with Crippen LogP contribution in [0, 0.1) is 0 Å². The van der Waals surface area contributed by atoms with E-state index in [1.807, 2.05) is 60.7 Å². The number of benzene rings is 3. The van der Waals surface area contributed by atoms with Gasteiger partial charge in [-0.1, -0.05) is 101 Å². The number of oxime groups is 1. The lowest BCUT2D eigenvalue weighted by Gasteiger charge is -2.28. The lowest BCUT2D eigenvalue weighted by Crippen LogP contribution is -2.47. The summed E-state index contributed by atoms with van der Waals surface area (Å²) in [7, 11) is 0. The quantitative estimate of drug-likeness (QED) is 0.286. The minimum Gasteiger partial charge on any atom is -0.391 e. The van der Waals surface area contributed by atoms with E-state index in [0.717, 1.165) is 16.7 Å². The highest BCUT2D eigenvalue weighted by molar-refractivity contribution is 6.42. The maximum atomic E-state index is 14.0. The van der Waals surface area contributed by atoms with Crippen molar-refractivity contribution >= 4 is 40.7 Å². The fourth-order valence-electron chi connectivity index (χ4n) is 4.29. The predicted molar refractivity (Wildman–Crippen MR) is 147 cm³/mol. The highest BCUT2D eigenvalue weighted by Crippen LogP contribution is 2.30. The SMILES string of the molecule is C=CCNC(=O)[C@@H]1CC(=NOCc2ccc(Cl)c(Cl)c2)CN1C(=O)C(c1ccccc1)c1ccccc1. The second-order valence-corrected chi connectivity index (χ2v) is 9.47. The molecule has 0 bridgehead atoms. The average molecular weight is 536 g/mol. The average Bonchev–Trinajstić information content (AvgIpc) is 3.35. The zero-order valence-electron chi connectivity index (χ0n) is 20.1. The molecule has 1 saturated heterocycles. The Morgan fingerprint density at radius 2 is 1.68 bits per heavy atom. The molecule has 190 valence electrons. The highest BCUT2D eigenvalue weighted by atomic mass is 35.5. The molecule has 1 aliphatic rings. The Morgan fingerprint density at radius 3 is 2.27 bits per heavy atom. The van der Waals surface area contributed by atoms with Crippen molar-refractivity contribution in [3.8, 4) is 0 Å². The highest BCUT2D eigenvalue weighted by Gasteiger charge is 2.41. The van der Waals surface area contributed by atoms with Crippen molar-refractivity contribution in [3.63, 3.8) is 0 Å². The fraction of sp³-hybridized carbons (Fsp3) is 0.207. The van der Waals surface area contributed by atoms with Crippen LogP contribution in [0.1, 0.15) is 29.0 Å². The monoisotopic (exact) mass is 535 g/mol. The first-order chi connectivity index (χ1) is 18.0. The molecule has 3 aromatic rings. The van der Waals surface area contributed by atoms with Crippen LogP contribution in [0.2, 0.25) is 10.0 Å². The third kappa shape index (κ3) is 6.59. The van der Waals surface area contributed by atoms with E-state index >= 15 is 0 Å². The molecule has 1 aliphatic heterocycles. The fourth-order valence-corrected chi connectivity index (χ4v) is 4.61. The van der Waals surface area contributed by atoms with Crippen LogP contribution in [-0.2, 0) is 21.0 Å². The number of carbonyl (C=O) groups is 2. The molecule has 0 radical (unpaired) electrons. The second-order valence-electron chi connectivity index (χ2n) is 8.65. The molecule has 37 heavy (non-hydrogen) atoms. The van der Waals surface area contributed by atoms with Crippen LogP contribution in [0.4, 0.5) is 0 Å². The summed E-state index contributed by atoms with van der Waals surface area (Å²) < 4.78 is 0. The molecule has 1 atom stereocenters. The van der Waals surface area contributed by atoms with Gasteiger partial charge in [-0.15, -0.1) is 6.58 Å². The van der Waals surface area contributed by atoms with Crippen molar-refractivity contribution in [2.45, 2.75) is 25.0 Å². The Morgan fingerprint density at radius 1 is 1.03 bits per heavy atom. The first-order valence-corrected chi connectivity index (χ1v) is 12.6. The standard InChI is InChI=1S/C29H27Cl2N3O3/c1-2-15-32-28(35)26-17-23(33-37-19-20-13-14-24(30)25(31)16-20)18-34(26)29(36)27(21-9-5-3-6-10-21)22-11-7-4-8-12-22/h2-14,16,26-27H,1,15,17-19H2,(H,32,35)/t26-/m0/s1. The summed E-state index contributed by atoms with van der Waals surface area (Å²) in [6.07, 6.45) is 1.87. The number of likely N-dealkylation sites (tertiary alicyclic amines) is 1. The topological polar surface area (TPSA) is 71.0 Å². The molecule has 4 rings (SSSR count). The predicted octanol–water partition coefficient (Wildman–Crippen LogP) is 5.60. The van der Waals surface area contributed by atoms with Gasteiger partial charge in [0, 0.05) is 13.0 Å². The Hall–Kier alpha value is -3.61. The molecular formula is C29H27Cl2N3O3. The van der Waals surface area contributed by atoms with E-state index in [4.69, 9.17) is 28.0 Å². The maximum Gasteiger partial charge on any atom is 0.243 e. The van der Waals surface area contributed by atoms with E-state index in [0.29, 0.717) is 22.3 Å². The number of amides is 2. The van der Waals surface area contributed by atoms with Gasteiger partial charge in [-0.05, 0) is 28.8 Å². The molecule has 1 heterocycles. The van der Waals surface area contributed by atoms with E-state index in [2.05, 4.69) is 17.1 Å². The molecule has 1 fully saturated rings. The van der Waals surface area contributed by atoms with E-state index in [1.165, 1.54) is 0 Å². The van der Waals surface area contributed by atoms with Gasteiger partial charge in [0.2, 0.25) is 11.8 Å². The lowest BCUT2D eigenvalue weighted by molar-refractivity contribution is -0.138. The zero-order valence-corrected chi connectivity index (χ0v) is 21.7. The van der Waals surface area contributed by atoms with Crippen molar-refractivity contribution in [1.29, 1.82) is 0 Å². The molecule has 0 unspecified atom stereocenters. The summed E-state index contributed by atoms with van der Waals surface area (Å²) in [5.41, 5.74) is 3.11. The molecule has 0 saturated carbocycles. The molecule has 0 aromatic heterocycles. The number of hydrogen-bond acceptors (Lipinski definition) is 4. The Labute approximate surface area is 226 Å². The molecular weight excluding hydrogens is 509 g/mol. The lowest BCUT2D eigenvalue weighted by atomic mass is 9.90. The van der Waals surface area contributed by atoms with E-state index in [9.17, 15) is 9.59 Å². The molecule has 0 spiro atoms. The van der Waals surface area contributed by atoms with Crippen LogP contribution in [-0.4, -0.2) is 41.6 Å². The first-order valence-electron chi connectivity index (χ1n) is 11.9. The summed E-state index contributed by atoms with van der Waals surface area (Å²) in [5.74, 6) is -0.998. The van der Waals surface area contributed by atoms with Crippen LogP contribution in [0.3, 0.4) is 0 Å². The number of nitrogens with one attached hydrogen (secondary N) is 1. The first kappa shape index (κ1) is 26.5. The number of halogens is 2. The van der Waals surface area contributed by atoms with Gasteiger partial charge in [0.15, 0.2) is 0 Å². The van der Waals surface area contributed by atoms with Crippen LogP contribution in [0.25, 0.3) is 0 Å². The second kappa shape index (κ2) is 12.6. The summed E-state index contributed by atoms with van der Waals surface area (Å²) in [4.78, 5) is 34.3. The molecule has 2 amide bonds. The van der Waals surface area contributed by atoms with Crippen molar-refractivity contribution < 1.29 is 14.4 Å². The van der Waals surface area contributed by atoms with Gasteiger partial charge in [0.05, 0.1) is 28.2 Å². The van der Waals surface area contributed by atoms with E-state index in [1.54, 1.807) is 29.2 Å². The van der Waals surface area contributed by atoms with Crippen molar-refractivity contribution in [3.05, 3.63) is 118 Å². The van der Waals surface area contributed by atoms with Gasteiger partial charge in [-0.3, -0.25) is 9.59 Å². The third-order valence-corrected chi connectivity index (χ3v) is 6.83. The Kier molecular flexibility index (Phi) is 8.99. The third-order valence-electron chi connectivity index (χ3n) is 6.09. The van der Waals surface area contributed by atoms with Crippen LogP contribution in [0.5, 0.6) is 0 Å². The summed E-state index contributed by atoms with van der Waals surface area (Å²) in [6, 6.07) is 23.6. The van der Waals surface area contributed by atoms with Crippen LogP contribution < -0.4 is 5.32 Å². The van der Waals surface area contributed by atoms with Gasteiger partial charge in [0.1, 0.15) is 12.6 Å². The minimum atomic E-state index is -0.713. The minimum absolute atomic E-state index is 0.175. The van der Waals surface area contributed by atoms with Gasteiger partial charge >= 0.3 is 0 Å². The summed E-state index contributed by atoms with van der Waals surface area (Å²) in [5, 5.41) is 7.98. The van der Waals surface area contributed by atoms with Crippen LogP contribution >= 0.6 is 23.2 Å². The zero-order chi connectivity index (χ0) is 26.2. The molecule has 6 nitrogen and oxygen atoms in total. The van der Waals surface area contributed by atoms with Gasteiger partial charge in [-0.2, -0.15) is 0 Å². The largest absolute Gasteiger partial charge is 0.391 e. The molecule has 8 heteroatoms. The molecule has 1 N–H and O–H groups in total. The number of carbonyl (C=O) groups excluding carboxylic acids is 2. The van der Waals surface area contributed by atoms with E-state index < -0.39 is 12.0 Å². The number of nitrogens with zero attached hydrogens (tertiary/aromatic N) is 2. The number of hydrogen-bond donors (Lipinski definition) is 1. The summed E-state index contributed by atoms with van der Waals surface area (Å²) in [6.45, 7) is 4.33. The molecule has 3 aromatic carbocycles. The van der Waals surface area contributed by atoms with E-state index in [-0.39, 0.29) is 31.4 Å². The Balaban J connectivity index is 1.58. The van der Waals surface area contributed by atoms with Crippen molar-refractivity contribution in [1.82, 2.24) is 10.2 Å². The normalized spacial score (nSPS) is 16.1. The Bertz CT molecular complexity index is 1240. The van der Waals surface area contributed by atoms with Crippen molar-refractivity contribution in [2.75, 3.05) is 13.1 Å². The van der Waals surface area contributed by atoms with Gasteiger partial charge < -0.3 is 15.1 Å². The smallest absolute Gasteiger partial charge is 0.243 e. The van der Waals surface area contributed by atoms with Gasteiger partial charge in [0.25, 0.3) is 0 Å².